The van der Waals surface area contributed by atoms with Gasteiger partial charge in [-0.15, -0.1) is 0 Å². The Bertz CT molecular complexity index is 513. The molecule has 2 N–H and O–H groups in total. The third-order valence-corrected chi connectivity index (χ3v) is 5.18. The number of nitrogens with zero attached hydrogens (tertiary/aromatic N) is 3. The third kappa shape index (κ3) is 3.23. The maximum atomic E-state index is 13.0. The van der Waals surface area contributed by atoms with Crippen LogP contribution in [0.3, 0.4) is 0 Å². The fraction of sp³-hybridized carbons (Fsp3) is 0.706. The van der Waals surface area contributed by atoms with Gasteiger partial charge in [0, 0.05) is 25.0 Å². The number of hydrogen-bond donors (Lipinski definition) is 1. The highest BCUT2D eigenvalue weighted by molar-refractivity contribution is 5.96. The second kappa shape index (κ2) is 7.07. The summed E-state index contributed by atoms with van der Waals surface area (Å²) in [6.07, 6.45) is 14.2. The van der Waals surface area contributed by atoms with E-state index in [2.05, 4.69) is 14.9 Å². The van der Waals surface area contributed by atoms with Gasteiger partial charge in [0.1, 0.15) is 0 Å². The van der Waals surface area contributed by atoms with Crippen molar-refractivity contribution < 1.29 is 4.79 Å². The van der Waals surface area contributed by atoms with Crippen LogP contribution in [-0.2, 0) is 0 Å². The van der Waals surface area contributed by atoms with Crippen molar-refractivity contribution in [3.8, 4) is 0 Å². The zero-order chi connectivity index (χ0) is 15.4. The SMILES string of the molecule is Nc1nccnc1C(=O)N1CCCCCC1C1CCCCC1. The molecule has 5 heteroatoms. The van der Waals surface area contributed by atoms with Crippen LogP contribution in [0.2, 0.25) is 0 Å². The second-order valence-electron chi connectivity index (χ2n) is 6.60. The molecule has 0 spiro atoms. The second-order valence-corrected chi connectivity index (χ2v) is 6.60. The first-order chi connectivity index (χ1) is 10.8. The molecule has 1 aromatic heterocycles. The van der Waals surface area contributed by atoms with E-state index >= 15 is 0 Å². The highest BCUT2D eigenvalue weighted by Crippen LogP contribution is 2.34. The minimum absolute atomic E-state index is 0.0249. The lowest BCUT2D eigenvalue weighted by atomic mass is 9.81. The minimum atomic E-state index is -0.0249. The van der Waals surface area contributed by atoms with E-state index in [1.807, 2.05) is 0 Å². The van der Waals surface area contributed by atoms with Crippen molar-refractivity contribution in [1.29, 1.82) is 0 Å². The molecule has 2 aliphatic rings. The van der Waals surface area contributed by atoms with Crippen LogP contribution in [0, 0.1) is 5.92 Å². The molecule has 5 nitrogen and oxygen atoms in total. The maximum absolute atomic E-state index is 13.0. The summed E-state index contributed by atoms with van der Waals surface area (Å²) in [5, 5.41) is 0. The standard InChI is InChI=1S/C17H26N4O/c18-16-15(19-10-11-20-16)17(22)21-12-6-2-5-9-14(21)13-7-3-1-4-8-13/h10-11,13-14H,1-9,12H2,(H2,18,20). The Morgan fingerprint density at radius 2 is 1.68 bits per heavy atom. The molecule has 0 radical (unpaired) electrons. The van der Waals surface area contributed by atoms with Gasteiger partial charge in [0.25, 0.3) is 5.91 Å². The van der Waals surface area contributed by atoms with Crippen LogP contribution in [0.25, 0.3) is 0 Å². The number of anilines is 1. The first-order valence-electron chi connectivity index (χ1n) is 8.65. The van der Waals surface area contributed by atoms with Gasteiger partial charge in [-0.05, 0) is 31.6 Å². The molecule has 1 unspecified atom stereocenters. The number of nitrogen functional groups attached to an aromatic ring is 1. The molecule has 1 saturated carbocycles. The Labute approximate surface area is 132 Å². The summed E-state index contributed by atoms with van der Waals surface area (Å²) < 4.78 is 0. The first kappa shape index (κ1) is 15.3. The van der Waals surface area contributed by atoms with Gasteiger partial charge in [-0.25, -0.2) is 9.97 Å². The third-order valence-electron chi connectivity index (χ3n) is 5.18. The first-order valence-corrected chi connectivity index (χ1v) is 8.65. The van der Waals surface area contributed by atoms with Crippen LogP contribution in [0.15, 0.2) is 12.4 Å². The largest absolute Gasteiger partial charge is 0.382 e. The average molecular weight is 302 g/mol. The molecule has 0 bridgehead atoms. The van der Waals surface area contributed by atoms with E-state index in [0.29, 0.717) is 17.7 Å². The predicted molar refractivity (Wildman–Crippen MR) is 86.3 cm³/mol. The lowest BCUT2D eigenvalue weighted by molar-refractivity contribution is 0.0570. The van der Waals surface area contributed by atoms with Crippen molar-refractivity contribution in [3.63, 3.8) is 0 Å². The van der Waals surface area contributed by atoms with Crippen LogP contribution in [0.1, 0.15) is 68.3 Å². The highest BCUT2D eigenvalue weighted by Gasteiger charge is 2.34. The predicted octanol–water partition coefficient (Wildman–Crippen LogP) is 3.02. The summed E-state index contributed by atoms with van der Waals surface area (Å²) >= 11 is 0. The van der Waals surface area contributed by atoms with Crippen molar-refractivity contribution in [3.05, 3.63) is 18.1 Å². The number of likely N-dealkylation sites (tertiary alicyclic amines) is 1. The number of carbonyl (C=O) groups is 1. The van der Waals surface area contributed by atoms with E-state index in [0.717, 1.165) is 19.4 Å². The van der Waals surface area contributed by atoms with Crippen LogP contribution in [0.4, 0.5) is 5.82 Å². The summed E-state index contributed by atoms with van der Waals surface area (Å²) in [7, 11) is 0. The van der Waals surface area contributed by atoms with Gasteiger partial charge in [0.05, 0.1) is 0 Å². The summed E-state index contributed by atoms with van der Waals surface area (Å²) in [6, 6.07) is 0.358. The van der Waals surface area contributed by atoms with Crippen LogP contribution in [0.5, 0.6) is 0 Å². The molecule has 1 aliphatic carbocycles. The van der Waals surface area contributed by atoms with Gasteiger partial charge in [0.15, 0.2) is 11.5 Å². The molecule has 1 aliphatic heterocycles. The van der Waals surface area contributed by atoms with E-state index in [4.69, 9.17) is 5.73 Å². The van der Waals surface area contributed by atoms with Crippen molar-refractivity contribution in [2.45, 2.75) is 63.8 Å². The van der Waals surface area contributed by atoms with Gasteiger partial charge in [0.2, 0.25) is 0 Å². The molecule has 1 atom stereocenters. The molecule has 2 heterocycles. The summed E-state index contributed by atoms with van der Waals surface area (Å²) in [6.45, 7) is 0.829. The lowest BCUT2D eigenvalue weighted by Crippen LogP contribution is -2.45. The zero-order valence-electron chi connectivity index (χ0n) is 13.2. The Morgan fingerprint density at radius 1 is 1.00 bits per heavy atom. The molecular formula is C17H26N4O. The maximum Gasteiger partial charge on any atom is 0.276 e. The van der Waals surface area contributed by atoms with E-state index in [1.165, 1.54) is 51.1 Å². The van der Waals surface area contributed by atoms with Gasteiger partial charge < -0.3 is 10.6 Å². The molecule has 2 fully saturated rings. The average Bonchev–Trinajstić information content (AvgIpc) is 2.81. The number of rotatable bonds is 2. The van der Waals surface area contributed by atoms with E-state index < -0.39 is 0 Å². The normalized spacial score (nSPS) is 24.0. The van der Waals surface area contributed by atoms with E-state index in [1.54, 1.807) is 6.20 Å². The fourth-order valence-corrected chi connectivity index (χ4v) is 4.04. The number of aromatic nitrogens is 2. The fourth-order valence-electron chi connectivity index (χ4n) is 4.04. The molecular weight excluding hydrogens is 276 g/mol. The monoisotopic (exact) mass is 302 g/mol. The van der Waals surface area contributed by atoms with Crippen LogP contribution >= 0.6 is 0 Å². The molecule has 1 amide bonds. The van der Waals surface area contributed by atoms with Crippen LogP contribution < -0.4 is 5.73 Å². The quantitative estimate of drug-likeness (QED) is 0.911. The van der Waals surface area contributed by atoms with Crippen molar-refractivity contribution in [1.82, 2.24) is 14.9 Å². The number of hydrogen-bond acceptors (Lipinski definition) is 4. The molecule has 3 rings (SSSR count). The van der Waals surface area contributed by atoms with Crippen molar-refractivity contribution >= 4 is 11.7 Å². The van der Waals surface area contributed by atoms with E-state index in [-0.39, 0.29) is 11.7 Å². The summed E-state index contributed by atoms with van der Waals surface area (Å²) in [4.78, 5) is 23.2. The number of amides is 1. The van der Waals surface area contributed by atoms with E-state index in [9.17, 15) is 4.79 Å². The molecule has 1 saturated heterocycles. The van der Waals surface area contributed by atoms with Gasteiger partial charge in [-0.1, -0.05) is 32.1 Å². The smallest absolute Gasteiger partial charge is 0.276 e. The number of nitrogens with two attached hydrogens (primary N) is 1. The van der Waals surface area contributed by atoms with Gasteiger partial charge in [-0.3, -0.25) is 4.79 Å². The summed E-state index contributed by atoms with van der Waals surface area (Å²) in [5.74, 6) is 0.871. The molecule has 22 heavy (non-hydrogen) atoms. The topological polar surface area (TPSA) is 72.1 Å². The highest BCUT2D eigenvalue weighted by atomic mass is 16.2. The van der Waals surface area contributed by atoms with Crippen LogP contribution in [-0.4, -0.2) is 33.4 Å². The molecule has 0 aromatic carbocycles. The number of carbonyl (C=O) groups excluding carboxylic acids is 1. The Morgan fingerprint density at radius 3 is 2.45 bits per heavy atom. The lowest BCUT2D eigenvalue weighted by Gasteiger charge is -2.37. The Hall–Kier alpha value is -1.65. The van der Waals surface area contributed by atoms with Crippen molar-refractivity contribution in [2.24, 2.45) is 5.92 Å². The molecule has 120 valence electrons. The Kier molecular flexibility index (Phi) is 4.90. The van der Waals surface area contributed by atoms with Gasteiger partial charge in [-0.2, -0.15) is 0 Å². The minimum Gasteiger partial charge on any atom is -0.382 e. The zero-order valence-corrected chi connectivity index (χ0v) is 13.2. The Balaban J connectivity index is 1.83. The van der Waals surface area contributed by atoms with Crippen molar-refractivity contribution in [2.75, 3.05) is 12.3 Å². The molecule has 1 aromatic rings. The summed E-state index contributed by atoms with van der Waals surface area (Å²) in [5.41, 5.74) is 6.19. The van der Waals surface area contributed by atoms with Gasteiger partial charge >= 0.3 is 0 Å².